The third-order valence-electron chi connectivity index (χ3n) is 4.89. The maximum absolute atomic E-state index is 12.7. The molecular formula is C20H20N2O2. The molecule has 1 saturated heterocycles. The molecule has 4 heteroatoms. The van der Waals surface area contributed by atoms with Crippen molar-refractivity contribution in [2.75, 3.05) is 4.90 Å². The molecule has 1 unspecified atom stereocenters. The van der Waals surface area contributed by atoms with Gasteiger partial charge in [0.05, 0.1) is 18.2 Å². The summed E-state index contributed by atoms with van der Waals surface area (Å²) in [6, 6.07) is 15.7. The number of imide groups is 1. The van der Waals surface area contributed by atoms with Crippen molar-refractivity contribution < 1.29 is 9.59 Å². The number of anilines is 1. The van der Waals surface area contributed by atoms with E-state index in [1.807, 2.05) is 43.3 Å². The molecule has 4 rings (SSSR count). The lowest BCUT2D eigenvalue weighted by molar-refractivity contribution is -0.121. The predicted molar refractivity (Wildman–Crippen MR) is 92.9 cm³/mol. The van der Waals surface area contributed by atoms with E-state index in [4.69, 9.17) is 0 Å². The molecule has 1 atom stereocenters. The van der Waals surface area contributed by atoms with Crippen LogP contribution in [0.15, 0.2) is 48.5 Å². The molecule has 1 heterocycles. The molecule has 2 aromatic carbocycles. The van der Waals surface area contributed by atoms with Crippen LogP contribution in [0.1, 0.15) is 23.1 Å². The van der Waals surface area contributed by atoms with Crippen molar-refractivity contribution in [3.8, 4) is 0 Å². The van der Waals surface area contributed by atoms with E-state index in [1.165, 1.54) is 16.0 Å². The molecule has 1 N–H and O–H groups in total. The monoisotopic (exact) mass is 320 g/mol. The molecule has 24 heavy (non-hydrogen) atoms. The number of hydrogen-bond donors (Lipinski definition) is 1. The Hall–Kier alpha value is -2.46. The summed E-state index contributed by atoms with van der Waals surface area (Å²) in [7, 11) is 0. The van der Waals surface area contributed by atoms with Crippen LogP contribution >= 0.6 is 0 Å². The van der Waals surface area contributed by atoms with Crippen LogP contribution in [-0.2, 0) is 22.4 Å². The summed E-state index contributed by atoms with van der Waals surface area (Å²) in [6.45, 7) is 1.96. The molecule has 0 spiro atoms. The van der Waals surface area contributed by atoms with Gasteiger partial charge in [-0.25, -0.2) is 4.90 Å². The number of carbonyl (C=O) groups is 2. The standard InChI is InChI=1S/C20H20N2O2/c1-13-5-4-8-17(9-13)22-19(23)12-18(20(22)24)21-16-10-14-6-2-3-7-15(14)11-16/h2-9,16,18,21H,10-12H2,1H3. The van der Waals surface area contributed by atoms with Gasteiger partial charge in [-0.3, -0.25) is 9.59 Å². The van der Waals surface area contributed by atoms with Gasteiger partial charge in [0.15, 0.2) is 0 Å². The fourth-order valence-electron chi connectivity index (χ4n) is 3.76. The van der Waals surface area contributed by atoms with E-state index in [-0.39, 0.29) is 24.3 Å². The number of benzene rings is 2. The zero-order valence-corrected chi connectivity index (χ0v) is 13.7. The number of aryl methyl sites for hydroxylation is 1. The number of fused-ring (bicyclic) bond motifs is 1. The lowest BCUT2D eigenvalue weighted by Gasteiger charge is -2.18. The first-order valence-corrected chi connectivity index (χ1v) is 8.38. The minimum Gasteiger partial charge on any atom is -0.302 e. The molecule has 1 aliphatic heterocycles. The number of nitrogens with zero attached hydrogens (tertiary/aromatic N) is 1. The Morgan fingerprint density at radius 2 is 1.67 bits per heavy atom. The van der Waals surface area contributed by atoms with Gasteiger partial charge in [0.1, 0.15) is 0 Å². The molecule has 0 bridgehead atoms. The van der Waals surface area contributed by atoms with Crippen LogP contribution in [0.4, 0.5) is 5.69 Å². The Kier molecular flexibility index (Phi) is 3.69. The largest absolute Gasteiger partial charge is 0.302 e. The number of amides is 2. The van der Waals surface area contributed by atoms with Gasteiger partial charge >= 0.3 is 0 Å². The van der Waals surface area contributed by atoms with Gasteiger partial charge in [0.25, 0.3) is 5.91 Å². The minimum atomic E-state index is -0.419. The zero-order chi connectivity index (χ0) is 16.7. The summed E-state index contributed by atoms with van der Waals surface area (Å²) >= 11 is 0. The van der Waals surface area contributed by atoms with Crippen LogP contribution in [0.3, 0.4) is 0 Å². The fraction of sp³-hybridized carbons (Fsp3) is 0.300. The number of hydrogen-bond acceptors (Lipinski definition) is 3. The molecule has 0 saturated carbocycles. The molecule has 1 aliphatic carbocycles. The molecule has 122 valence electrons. The van der Waals surface area contributed by atoms with Gasteiger partial charge in [0.2, 0.25) is 5.91 Å². The molecule has 2 aromatic rings. The summed E-state index contributed by atoms with van der Waals surface area (Å²) in [5.41, 5.74) is 4.38. The smallest absolute Gasteiger partial charge is 0.251 e. The summed E-state index contributed by atoms with van der Waals surface area (Å²) in [5, 5.41) is 3.41. The topological polar surface area (TPSA) is 49.4 Å². The highest BCUT2D eigenvalue weighted by atomic mass is 16.2. The number of nitrogens with one attached hydrogen (secondary N) is 1. The summed E-state index contributed by atoms with van der Waals surface area (Å²) in [6.07, 6.45) is 2.07. The van der Waals surface area contributed by atoms with Crippen LogP contribution in [0, 0.1) is 6.92 Å². The van der Waals surface area contributed by atoms with E-state index in [1.54, 1.807) is 0 Å². The predicted octanol–water partition coefficient (Wildman–Crippen LogP) is 2.38. The average molecular weight is 320 g/mol. The summed E-state index contributed by atoms with van der Waals surface area (Å²) in [5.74, 6) is -0.264. The number of rotatable bonds is 3. The summed E-state index contributed by atoms with van der Waals surface area (Å²) in [4.78, 5) is 26.4. The third-order valence-corrected chi connectivity index (χ3v) is 4.89. The zero-order valence-electron chi connectivity index (χ0n) is 13.7. The lowest BCUT2D eigenvalue weighted by atomic mass is 10.1. The van der Waals surface area contributed by atoms with Crippen molar-refractivity contribution in [2.45, 2.75) is 38.3 Å². The highest BCUT2D eigenvalue weighted by Crippen LogP contribution is 2.26. The number of carbonyl (C=O) groups excluding carboxylic acids is 2. The van der Waals surface area contributed by atoms with Gasteiger partial charge in [-0.2, -0.15) is 0 Å². The van der Waals surface area contributed by atoms with E-state index in [0.717, 1.165) is 18.4 Å². The van der Waals surface area contributed by atoms with Gasteiger partial charge < -0.3 is 5.32 Å². The Morgan fingerprint density at radius 1 is 0.958 bits per heavy atom. The molecule has 1 fully saturated rings. The van der Waals surface area contributed by atoms with E-state index in [2.05, 4.69) is 17.4 Å². The van der Waals surface area contributed by atoms with Crippen LogP contribution in [0.25, 0.3) is 0 Å². The van der Waals surface area contributed by atoms with E-state index in [0.29, 0.717) is 5.69 Å². The summed E-state index contributed by atoms with van der Waals surface area (Å²) < 4.78 is 0. The van der Waals surface area contributed by atoms with E-state index >= 15 is 0 Å². The van der Waals surface area contributed by atoms with Crippen LogP contribution in [-0.4, -0.2) is 23.9 Å². The molecule has 0 aromatic heterocycles. The molecule has 4 nitrogen and oxygen atoms in total. The van der Waals surface area contributed by atoms with Crippen molar-refractivity contribution >= 4 is 17.5 Å². The Labute approximate surface area is 141 Å². The first-order valence-electron chi connectivity index (χ1n) is 8.38. The third kappa shape index (κ3) is 2.63. The normalized spacial score (nSPS) is 20.7. The van der Waals surface area contributed by atoms with Crippen LogP contribution in [0.5, 0.6) is 0 Å². The van der Waals surface area contributed by atoms with Gasteiger partial charge in [0, 0.05) is 6.04 Å². The van der Waals surface area contributed by atoms with Crippen LogP contribution < -0.4 is 10.2 Å². The van der Waals surface area contributed by atoms with Crippen molar-refractivity contribution in [3.05, 3.63) is 65.2 Å². The molecular weight excluding hydrogens is 300 g/mol. The quantitative estimate of drug-likeness (QED) is 0.884. The van der Waals surface area contributed by atoms with Gasteiger partial charge in [-0.15, -0.1) is 0 Å². The second-order valence-electron chi connectivity index (χ2n) is 6.70. The second-order valence-corrected chi connectivity index (χ2v) is 6.70. The Morgan fingerprint density at radius 3 is 2.33 bits per heavy atom. The van der Waals surface area contributed by atoms with Gasteiger partial charge in [-0.1, -0.05) is 36.4 Å². The van der Waals surface area contributed by atoms with E-state index < -0.39 is 6.04 Å². The first-order chi connectivity index (χ1) is 11.6. The van der Waals surface area contributed by atoms with Crippen LogP contribution in [0.2, 0.25) is 0 Å². The minimum absolute atomic E-state index is 0.126. The second kappa shape index (κ2) is 5.87. The SMILES string of the molecule is Cc1cccc(N2C(=O)CC(NC3Cc4ccccc4C3)C2=O)c1. The highest BCUT2D eigenvalue weighted by Gasteiger charge is 2.40. The molecule has 0 radical (unpaired) electrons. The van der Waals surface area contributed by atoms with Gasteiger partial charge in [-0.05, 0) is 48.6 Å². The lowest BCUT2D eigenvalue weighted by Crippen LogP contribution is -2.44. The Bertz CT molecular complexity index is 790. The maximum atomic E-state index is 12.7. The Balaban J connectivity index is 1.49. The molecule has 2 amide bonds. The van der Waals surface area contributed by atoms with E-state index in [9.17, 15) is 9.59 Å². The van der Waals surface area contributed by atoms with Crippen molar-refractivity contribution in [2.24, 2.45) is 0 Å². The fourth-order valence-corrected chi connectivity index (χ4v) is 3.76. The average Bonchev–Trinajstić information content (AvgIpc) is 3.08. The van der Waals surface area contributed by atoms with Crippen molar-refractivity contribution in [1.82, 2.24) is 5.32 Å². The maximum Gasteiger partial charge on any atom is 0.251 e. The van der Waals surface area contributed by atoms with Crippen molar-refractivity contribution in [1.29, 1.82) is 0 Å². The first kappa shape index (κ1) is 15.1. The highest BCUT2D eigenvalue weighted by molar-refractivity contribution is 6.22. The molecule has 2 aliphatic rings. The van der Waals surface area contributed by atoms with Crippen molar-refractivity contribution in [3.63, 3.8) is 0 Å².